The average molecular weight is 281 g/mol. The molecule has 3 nitrogen and oxygen atoms in total. The molecule has 0 aliphatic rings. The van der Waals surface area contributed by atoms with Gasteiger partial charge in [0.1, 0.15) is 0 Å². The van der Waals surface area contributed by atoms with Crippen LogP contribution in [0.4, 0.5) is 0 Å². The summed E-state index contributed by atoms with van der Waals surface area (Å²) in [6.07, 6.45) is 5.19. The van der Waals surface area contributed by atoms with E-state index in [1.165, 1.54) is 26.2 Å². The first kappa shape index (κ1) is 13.6. The molecule has 0 saturated heterocycles. The second-order valence-electron chi connectivity index (χ2n) is 4.25. The molecule has 2 aromatic rings. The van der Waals surface area contributed by atoms with E-state index in [0.29, 0.717) is 6.04 Å². The molecule has 2 aromatic heterocycles. The van der Waals surface area contributed by atoms with Crippen molar-refractivity contribution in [1.82, 2.24) is 14.9 Å². The number of nitrogens with one attached hydrogen (secondary N) is 1. The Labute approximate surface area is 116 Å². The fourth-order valence-corrected chi connectivity index (χ4v) is 3.42. The molecule has 0 saturated carbocycles. The fourth-order valence-electron chi connectivity index (χ4n) is 1.84. The molecule has 1 atom stereocenters. The van der Waals surface area contributed by atoms with E-state index in [1.54, 1.807) is 0 Å². The van der Waals surface area contributed by atoms with Gasteiger partial charge in [0.05, 0.1) is 11.1 Å². The Balaban J connectivity index is 2.04. The van der Waals surface area contributed by atoms with Gasteiger partial charge in [0.15, 0.2) is 0 Å². The molecule has 5 heteroatoms. The molecule has 0 amide bonds. The number of hydrogen-bond acceptors (Lipinski definition) is 5. The predicted molar refractivity (Wildman–Crippen MR) is 78.3 cm³/mol. The highest BCUT2D eigenvalue weighted by molar-refractivity contribution is 7.12. The first-order valence-corrected chi connectivity index (χ1v) is 8.00. The molecule has 0 aliphatic heterocycles. The lowest BCUT2D eigenvalue weighted by molar-refractivity contribution is 0.539. The Bertz CT molecular complexity index is 451. The topological polar surface area (TPSA) is 37.8 Å². The number of rotatable bonds is 7. The van der Waals surface area contributed by atoms with E-state index in [2.05, 4.69) is 40.9 Å². The minimum absolute atomic E-state index is 0.355. The highest BCUT2D eigenvalue weighted by atomic mass is 32.1. The maximum absolute atomic E-state index is 3.97. The Morgan fingerprint density at radius 2 is 2.11 bits per heavy atom. The SMILES string of the molecule is CCCNC(Cc1ccc(CC)s1)c1cnns1. The van der Waals surface area contributed by atoms with Gasteiger partial charge in [-0.2, -0.15) is 0 Å². The van der Waals surface area contributed by atoms with Crippen molar-refractivity contribution in [2.75, 3.05) is 6.54 Å². The van der Waals surface area contributed by atoms with Crippen molar-refractivity contribution in [3.8, 4) is 0 Å². The third-order valence-electron chi connectivity index (χ3n) is 2.83. The van der Waals surface area contributed by atoms with Crippen molar-refractivity contribution < 1.29 is 0 Å². The summed E-state index contributed by atoms with van der Waals surface area (Å²) in [5.74, 6) is 0. The van der Waals surface area contributed by atoms with E-state index < -0.39 is 0 Å². The number of thiophene rings is 1. The normalized spacial score (nSPS) is 12.8. The Morgan fingerprint density at radius 1 is 1.28 bits per heavy atom. The van der Waals surface area contributed by atoms with Crippen molar-refractivity contribution in [2.24, 2.45) is 0 Å². The van der Waals surface area contributed by atoms with Gasteiger partial charge in [-0.05, 0) is 43.1 Å². The van der Waals surface area contributed by atoms with Crippen molar-refractivity contribution in [2.45, 2.75) is 39.2 Å². The van der Waals surface area contributed by atoms with Crippen LogP contribution in [0.2, 0.25) is 0 Å². The Hall–Kier alpha value is -0.780. The number of hydrogen-bond donors (Lipinski definition) is 1. The lowest BCUT2D eigenvalue weighted by Crippen LogP contribution is -2.23. The average Bonchev–Trinajstić information content (AvgIpc) is 3.05. The van der Waals surface area contributed by atoms with E-state index in [9.17, 15) is 0 Å². The van der Waals surface area contributed by atoms with Crippen molar-refractivity contribution in [1.29, 1.82) is 0 Å². The predicted octanol–water partition coefficient (Wildman–Crippen LogP) is 3.45. The Morgan fingerprint density at radius 3 is 2.72 bits per heavy atom. The number of aromatic nitrogens is 2. The summed E-state index contributed by atoms with van der Waals surface area (Å²) in [4.78, 5) is 4.13. The molecule has 0 fully saturated rings. The van der Waals surface area contributed by atoms with E-state index in [4.69, 9.17) is 0 Å². The van der Waals surface area contributed by atoms with Crippen molar-refractivity contribution >= 4 is 22.9 Å². The van der Waals surface area contributed by atoms with E-state index in [0.717, 1.165) is 25.8 Å². The highest BCUT2D eigenvalue weighted by Crippen LogP contribution is 2.25. The third-order valence-corrected chi connectivity index (χ3v) is 4.86. The summed E-state index contributed by atoms with van der Waals surface area (Å²) in [6, 6.07) is 4.84. The smallest absolute Gasteiger partial charge is 0.0669 e. The van der Waals surface area contributed by atoms with Crippen LogP contribution in [0.3, 0.4) is 0 Å². The van der Waals surface area contributed by atoms with Crippen LogP contribution in [0.5, 0.6) is 0 Å². The maximum Gasteiger partial charge on any atom is 0.0669 e. The number of nitrogens with zero attached hydrogens (tertiary/aromatic N) is 2. The molecule has 2 rings (SSSR count). The first-order valence-electron chi connectivity index (χ1n) is 6.41. The third kappa shape index (κ3) is 3.60. The molecular weight excluding hydrogens is 262 g/mol. The second-order valence-corrected chi connectivity index (χ2v) is 6.32. The van der Waals surface area contributed by atoms with Crippen LogP contribution in [0.15, 0.2) is 18.3 Å². The maximum atomic E-state index is 3.97. The molecule has 0 spiro atoms. The van der Waals surface area contributed by atoms with Crippen LogP contribution in [0.25, 0.3) is 0 Å². The van der Waals surface area contributed by atoms with Crippen LogP contribution >= 0.6 is 22.9 Å². The molecule has 0 aliphatic carbocycles. The van der Waals surface area contributed by atoms with Gasteiger partial charge in [-0.3, -0.25) is 0 Å². The fraction of sp³-hybridized carbons (Fsp3) is 0.538. The molecule has 0 radical (unpaired) electrons. The van der Waals surface area contributed by atoms with Crippen LogP contribution in [-0.4, -0.2) is 16.1 Å². The van der Waals surface area contributed by atoms with Gasteiger partial charge in [0, 0.05) is 22.2 Å². The summed E-state index contributed by atoms with van der Waals surface area (Å²) in [7, 11) is 0. The van der Waals surface area contributed by atoms with Crippen LogP contribution in [-0.2, 0) is 12.8 Å². The molecule has 0 bridgehead atoms. The highest BCUT2D eigenvalue weighted by Gasteiger charge is 2.15. The molecule has 0 aromatic carbocycles. The zero-order valence-electron chi connectivity index (χ0n) is 10.8. The summed E-state index contributed by atoms with van der Waals surface area (Å²) in [6.45, 7) is 5.43. The lowest BCUT2D eigenvalue weighted by atomic mass is 10.1. The van der Waals surface area contributed by atoms with Gasteiger partial charge in [-0.15, -0.1) is 16.4 Å². The quantitative estimate of drug-likeness (QED) is 0.844. The molecular formula is C13H19N3S2. The van der Waals surface area contributed by atoms with Gasteiger partial charge < -0.3 is 5.32 Å². The van der Waals surface area contributed by atoms with E-state index in [-0.39, 0.29) is 0 Å². The molecule has 98 valence electrons. The minimum atomic E-state index is 0.355. The van der Waals surface area contributed by atoms with Gasteiger partial charge in [-0.1, -0.05) is 18.3 Å². The Kier molecular flexibility index (Phi) is 5.28. The molecule has 18 heavy (non-hydrogen) atoms. The number of aryl methyl sites for hydroxylation is 1. The van der Waals surface area contributed by atoms with Crippen LogP contribution in [0.1, 0.15) is 40.9 Å². The van der Waals surface area contributed by atoms with Gasteiger partial charge in [0.25, 0.3) is 0 Å². The summed E-state index contributed by atoms with van der Waals surface area (Å²) < 4.78 is 3.97. The van der Waals surface area contributed by atoms with Crippen molar-refractivity contribution in [3.63, 3.8) is 0 Å². The van der Waals surface area contributed by atoms with Crippen molar-refractivity contribution in [3.05, 3.63) is 33.0 Å². The summed E-state index contributed by atoms with van der Waals surface area (Å²) in [5.41, 5.74) is 0. The van der Waals surface area contributed by atoms with Gasteiger partial charge >= 0.3 is 0 Å². The zero-order valence-corrected chi connectivity index (χ0v) is 12.5. The second kappa shape index (κ2) is 6.97. The summed E-state index contributed by atoms with van der Waals surface area (Å²) in [5, 5.41) is 7.53. The van der Waals surface area contributed by atoms with Crippen LogP contribution in [0, 0.1) is 0 Å². The minimum Gasteiger partial charge on any atom is -0.309 e. The largest absolute Gasteiger partial charge is 0.309 e. The van der Waals surface area contributed by atoms with E-state index >= 15 is 0 Å². The van der Waals surface area contributed by atoms with Gasteiger partial charge in [-0.25, -0.2) is 0 Å². The van der Waals surface area contributed by atoms with Gasteiger partial charge in [0.2, 0.25) is 0 Å². The molecule has 1 unspecified atom stereocenters. The lowest BCUT2D eigenvalue weighted by Gasteiger charge is -2.15. The molecule has 2 heterocycles. The zero-order chi connectivity index (χ0) is 12.8. The van der Waals surface area contributed by atoms with E-state index in [1.807, 2.05) is 17.5 Å². The first-order chi connectivity index (χ1) is 8.83. The standard InChI is InChI=1S/C13H19N3S2/c1-3-7-14-12(13-9-15-16-18-13)8-11-6-5-10(4-2)17-11/h5-6,9,12,14H,3-4,7-8H2,1-2H3. The monoisotopic (exact) mass is 281 g/mol. The molecule has 1 N–H and O–H groups in total. The summed E-state index contributed by atoms with van der Waals surface area (Å²) >= 11 is 3.41. The van der Waals surface area contributed by atoms with Crippen LogP contribution < -0.4 is 5.32 Å².